The van der Waals surface area contributed by atoms with Crippen molar-refractivity contribution in [1.82, 2.24) is 0 Å². The number of rotatable bonds is 4. The smallest absolute Gasteiger partial charge is 0.152 e. The van der Waals surface area contributed by atoms with Gasteiger partial charge in [-0.05, 0) is 18.9 Å². The van der Waals surface area contributed by atoms with Crippen LogP contribution in [0.4, 0.5) is 0 Å². The minimum atomic E-state index is -3.10. The molecule has 2 atom stereocenters. The molecule has 0 bridgehead atoms. The highest BCUT2D eigenvalue weighted by atomic mass is 32.2. The quantitative estimate of drug-likeness (QED) is 0.874. The fraction of sp³-hybridized carbons (Fsp3) is 0.500. The van der Waals surface area contributed by atoms with Crippen molar-refractivity contribution >= 4 is 9.84 Å². The summed E-state index contributed by atoms with van der Waals surface area (Å²) in [5, 5.41) is -0.505. The second kappa shape index (κ2) is 4.97. The van der Waals surface area contributed by atoms with Gasteiger partial charge in [0.15, 0.2) is 9.84 Å². The standard InChI is InChI=1S/C12H19NO2S/c1-4-11(16(3,14)15)12(13)10-7-5-6-9(2)8-10/h5-8,11-12H,4,13H2,1-3H3/t11-,12+/m1/s1. The van der Waals surface area contributed by atoms with Gasteiger partial charge in [-0.1, -0.05) is 36.8 Å². The van der Waals surface area contributed by atoms with E-state index >= 15 is 0 Å². The zero-order valence-corrected chi connectivity index (χ0v) is 10.8. The molecule has 2 N–H and O–H groups in total. The van der Waals surface area contributed by atoms with E-state index in [1.54, 1.807) is 0 Å². The zero-order valence-electron chi connectivity index (χ0n) is 9.97. The third-order valence-corrected chi connectivity index (χ3v) is 4.51. The van der Waals surface area contributed by atoms with Gasteiger partial charge >= 0.3 is 0 Å². The molecule has 0 aliphatic carbocycles. The lowest BCUT2D eigenvalue weighted by atomic mass is 10.0. The highest BCUT2D eigenvalue weighted by Gasteiger charge is 2.26. The molecular formula is C12H19NO2S. The Morgan fingerprint density at radius 1 is 1.38 bits per heavy atom. The van der Waals surface area contributed by atoms with Crippen LogP contribution in [0.15, 0.2) is 24.3 Å². The summed E-state index contributed by atoms with van der Waals surface area (Å²) >= 11 is 0. The summed E-state index contributed by atoms with van der Waals surface area (Å²) in [6, 6.07) is 7.25. The second-order valence-electron chi connectivity index (χ2n) is 4.22. The maximum Gasteiger partial charge on any atom is 0.152 e. The molecule has 0 fully saturated rings. The van der Waals surface area contributed by atoms with E-state index in [2.05, 4.69) is 0 Å². The molecule has 0 radical (unpaired) electrons. The summed E-state index contributed by atoms with van der Waals surface area (Å²) in [6.45, 7) is 3.82. The summed E-state index contributed by atoms with van der Waals surface area (Å²) in [5.74, 6) is 0. The lowest BCUT2D eigenvalue weighted by molar-refractivity contribution is 0.553. The van der Waals surface area contributed by atoms with Crippen LogP contribution < -0.4 is 5.73 Å². The maximum atomic E-state index is 11.6. The molecule has 0 amide bonds. The molecule has 0 aliphatic heterocycles. The molecule has 1 aromatic carbocycles. The van der Waals surface area contributed by atoms with Crippen molar-refractivity contribution in [2.24, 2.45) is 5.73 Å². The molecule has 3 nitrogen and oxygen atoms in total. The Bertz CT molecular complexity index is 454. The lowest BCUT2D eigenvalue weighted by Crippen LogP contribution is -2.32. The SMILES string of the molecule is CC[C@H]([C@@H](N)c1cccc(C)c1)S(C)(=O)=O. The average molecular weight is 241 g/mol. The van der Waals surface area contributed by atoms with Gasteiger partial charge in [-0.25, -0.2) is 8.42 Å². The van der Waals surface area contributed by atoms with Gasteiger partial charge in [0.1, 0.15) is 0 Å². The number of aryl methyl sites for hydroxylation is 1. The van der Waals surface area contributed by atoms with Gasteiger partial charge in [0, 0.05) is 12.3 Å². The highest BCUT2D eigenvalue weighted by molar-refractivity contribution is 7.91. The van der Waals surface area contributed by atoms with Gasteiger partial charge in [0.2, 0.25) is 0 Å². The highest BCUT2D eigenvalue weighted by Crippen LogP contribution is 2.22. The van der Waals surface area contributed by atoms with Crippen LogP contribution in [0.25, 0.3) is 0 Å². The first kappa shape index (κ1) is 13.2. The number of hydrogen-bond donors (Lipinski definition) is 1. The first-order chi connectivity index (χ1) is 7.36. The molecule has 0 saturated carbocycles. The number of hydrogen-bond acceptors (Lipinski definition) is 3. The Morgan fingerprint density at radius 2 is 2.00 bits per heavy atom. The molecule has 4 heteroatoms. The predicted molar refractivity (Wildman–Crippen MR) is 67.0 cm³/mol. The molecule has 0 aromatic heterocycles. The molecular weight excluding hydrogens is 222 g/mol. The summed E-state index contributed by atoms with van der Waals surface area (Å²) in [7, 11) is -3.10. The van der Waals surface area contributed by atoms with Crippen molar-refractivity contribution in [2.75, 3.05) is 6.26 Å². The summed E-state index contributed by atoms with van der Waals surface area (Å²) in [6.07, 6.45) is 1.78. The van der Waals surface area contributed by atoms with Gasteiger partial charge < -0.3 is 5.73 Å². The minimum Gasteiger partial charge on any atom is -0.323 e. The number of nitrogens with two attached hydrogens (primary N) is 1. The third-order valence-electron chi connectivity index (χ3n) is 2.78. The monoisotopic (exact) mass is 241 g/mol. The molecule has 0 heterocycles. The molecule has 0 unspecified atom stereocenters. The topological polar surface area (TPSA) is 60.2 Å². The van der Waals surface area contributed by atoms with Gasteiger partial charge in [0.25, 0.3) is 0 Å². The van der Waals surface area contributed by atoms with Crippen molar-refractivity contribution < 1.29 is 8.42 Å². The van der Waals surface area contributed by atoms with E-state index in [1.807, 2.05) is 38.1 Å². The Kier molecular flexibility index (Phi) is 4.10. The van der Waals surface area contributed by atoms with Crippen molar-refractivity contribution in [3.63, 3.8) is 0 Å². The first-order valence-electron chi connectivity index (χ1n) is 5.37. The molecule has 90 valence electrons. The average Bonchev–Trinajstić information content (AvgIpc) is 2.16. The van der Waals surface area contributed by atoms with Crippen molar-refractivity contribution in [3.05, 3.63) is 35.4 Å². The van der Waals surface area contributed by atoms with E-state index in [4.69, 9.17) is 5.73 Å². The van der Waals surface area contributed by atoms with Crippen LogP contribution in [0.1, 0.15) is 30.5 Å². The van der Waals surface area contributed by atoms with Gasteiger partial charge in [-0.2, -0.15) is 0 Å². The van der Waals surface area contributed by atoms with Crippen LogP contribution in [0.5, 0.6) is 0 Å². The molecule has 0 saturated heterocycles. The van der Waals surface area contributed by atoms with Gasteiger partial charge in [0.05, 0.1) is 5.25 Å². The minimum absolute atomic E-state index is 0.445. The normalized spacial score (nSPS) is 15.8. The fourth-order valence-electron chi connectivity index (χ4n) is 1.92. The third kappa shape index (κ3) is 3.06. The predicted octanol–water partition coefficient (Wildman–Crippen LogP) is 1.82. The zero-order chi connectivity index (χ0) is 12.3. The summed E-state index contributed by atoms with van der Waals surface area (Å²) in [5.41, 5.74) is 8.01. The van der Waals surface area contributed by atoms with E-state index in [0.717, 1.165) is 11.1 Å². The van der Waals surface area contributed by atoms with E-state index in [1.165, 1.54) is 6.26 Å². The molecule has 16 heavy (non-hydrogen) atoms. The maximum absolute atomic E-state index is 11.6. The largest absolute Gasteiger partial charge is 0.323 e. The summed E-state index contributed by atoms with van der Waals surface area (Å²) < 4.78 is 23.2. The number of sulfone groups is 1. The van der Waals surface area contributed by atoms with Crippen LogP contribution in [-0.4, -0.2) is 19.9 Å². The molecule has 1 aromatic rings. The van der Waals surface area contributed by atoms with Gasteiger partial charge in [-0.3, -0.25) is 0 Å². The Balaban J connectivity index is 3.05. The van der Waals surface area contributed by atoms with E-state index in [9.17, 15) is 8.42 Å². The van der Waals surface area contributed by atoms with Crippen LogP contribution in [-0.2, 0) is 9.84 Å². The molecule has 0 aliphatic rings. The van der Waals surface area contributed by atoms with Crippen molar-refractivity contribution in [2.45, 2.75) is 31.6 Å². The second-order valence-corrected chi connectivity index (χ2v) is 6.48. The Labute approximate surface area is 97.6 Å². The molecule has 1 rings (SSSR count). The van der Waals surface area contributed by atoms with Crippen molar-refractivity contribution in [3.8, 4) is 0 Å². The van der Waals surface area contributed by atoms with Crippen LogP contribution in [0.2, 0.25) is 0 Å². The van der Waals surface area contributed by atoms with E-state index < -0.39 is 21.1 Å². The number of benzene rings is 1. The van der Waals surface area contributed by atoms with Crippen molar-refractivity contribution in [1.29, 1.82) is 0 Å². The lowest BCUT2D eigenvalue weighted by Gasteiger charge is -2.21. The summed E-state index contributed by atoms with van der Waals surface area (Å²) in [4.78, 5) is 0. The van der Waals surface area contributed by atoms with E-state index in [0.29, 0.717) is 6.42 Å². The fourth-order valence-corrected chi connectivity index (χ4v) is 3.21. The van der Waals surface area contributed by atoms with Crippen LogP contribution >= 0.6 is 0 Å². The van der Waals surface area contributed by atoms with E-state index in [-0.39, 0.29) is 0 Å². The van der Waals surface area contributed by atoms with Crippen LogP contribution in [0, 0.1) is 6.92 Å². The Hall–Kier alpha value is -0.870. The Morgan fingerprint density at radius 3 is 2.44 bits per heavy atom. The van der Waals surface area contributed by atoms with Crippen LogP contribution in [0.3, 0.4) is 0 Å². The van der Waals surface area contributed by atoms with Gasteiger partial charge in [-0.15, -0.1) is 0 Å². The molecule has 0 spiro atoms. The first-order valence-corrected chi connectivity index (χ1v) is 7.32.